The Labute approximate surface area is 195 Å². The number of carbonyl (C=O) groups is 1. The van der Waals surface area contributed by atoms with Crippen molar-refractivity contribution in [3.63, 3.8) is 0 Å². The second kappa shape index (κ2) is 8.80. The molecule has 1 aromatic carbocycles. The average Bonchev–Trinajstić information content (AvgIpc) is 3.25. The number of aryl methyl sites for hydroxylation is 3. The van der Waals surface area contributed by atoms with Gasteiger partial charge in [0.15, 0.2) is 5.65 Å². The van der Waals surface area contributed by atoms with Crippen molar-refractivity contribution in [3.8, 4) is 11.1 Å². The van der Waals surface area contributed by atoms with Gasteiger partial charge < -0.3 is 0 Å². The molecule has 0 saturated heterocycles. The molecule has 32 heavy (non-hydrogen) atoms. The second-order valence-electron chi connectivity index (χ2n) is 8.03. The maximum atomic E-state index is 12.5. The van der Waals surface area contributed by atoms with E-state index in [2.05, 4.69) is 40.1 Å². The molecule has 0 unspecified atom stereocenters. The van der Waals surface area contributed by atoms with Gasteiger partial charge in [-0.25, -0.2) is 9.78 Å². The summed E-state index contributed by atoms with van der Waals surface area (Å²) in [4.78, 5) is 17.1. The highest BCUT2D eigenvalue weighted by Crippen LogP contribution is 2.38. The number of pyridine rings is 1. The van der Waals surface area contributed by atoms with Crippen LogP contribution in [0.3, 0.4) is 0 Å². The Morgan fingerprint density at radius 3 is 2.56 bits per heavy atom. The van der Waals surface area contributed by atoms with Gasteiger partial charge in [-0.15, -0.1) is 11.3 Å². The molecule has 7 nitrogen and oxygen atoms in total. The topological polar surface area (TPSA) is 83.9 Å². The number of thiophene rings is 1. The number of hydrogen-bond donors (Lipinski definition) is 3. The van der Waals surface area contributed by atoms with Crippen LogP contribution < -0.4 is 16.2 Å². The summed E-state index contributed by atoms with van der Waals surface area (Å²) in [5.74, 6) is 0.829. The van der Waals surface area contributed by atoms with Crippen molar-refractivity contribution in [2.24, 2.45) is 7.05 Å². The van der Waals surface area contributed by atoms with Gasteiger partial charge >= 0.3 is 6.03 Å². The highest BCUT2D eigenvalue weighted by Gasteiger charge is 2.16. The molecule has 0 saturated carbocycles. The summed E-state index contributed by atoms with van der Waals surface area (Å²) in [6, 6.07) is 11.5. The highest BCUT2D eigenvalue weighted by molar-refractivity contribution is 7.20. The summed E-state index contributed by atoms with van der Waals surface area (Å²) in [6.45, 7) is 8.26. The van der Waals surface area contributed by atoms with E-state index in [9.17, 15) is 4.79 Å². The van der Waals surface area contributed by atoms with Crippen molar-refractivity contribution in [1.82, 2.24) is 20.2 Å². The zero-order valence-electron chi connectivity index (χ0n) is 18.6. The fraction of sp³-hybridized carbons (Fsp3) is 0.261. The van der Waals surface area contributed by atoms with Gasteiger partial charge in [0.2, 0.25) is 0 Å². The summed E-state index contributed by atoms with van der Waals surface area (Å²) in [7, 11) is 1.86. The molecule has 0 aliphatic heterocycles. The number of hydrazine groups is 1. The largest absolute Gasteiger partial charge is 0.338 e. The molecule has 0 aliphatic carbocycles. The number of anilines is 2. The Balaban J connectivity index is 1.48. The number of carbonyl (C=O) groups excluding carboxylic acids is 1. The van der Waals surface area contributed by atoms with Gasteiger partial charge in [0, 0.05) is 18.0 Å². The van der Waals surface area contributed by atoms with Crippen LogP contribution in [-0.2, 0) is 7.05 Å². The van der Waals surface area contributed by atoms with E-state index >= 15 is 0 Å². The van der Waals surface area contributed by atoms with Crippen LogP contribution in [0.2, 0.25) is 4.34 Å². The van der Waals surface area contributed by atoms with E-state index in [1.807, 2.05) is 57.3 Å². The van der Waals surface area contributed by atoms with Crippen LogP contribution in [0.15, 0.2) is 36.4 Å². The number of urea groups is 1. The molecule has 0 radical (unpaired) electrons. The Hall–Kier alpha value is -3.10. The maximum absolute atomic E-state index is 12.5. The zero-order valence-corrected chi connectivity index (χ0v) is 20.1. The first-order valence-electron chi connectivity index (χ1n) is 10.3. The predicted octanol–water partition coefficient (Wildman–Crippen LogP) is 6.24. The van der Waals surface area contributed by atoms with Gasteiger partial charge in [-0.3, -0.25) is 20.9 Å². The SMILES string of the molecule is Cc1ccc(-c2cc(NC(=O)NNc3cc(C(C)C)c4c(C)nn(C)c4n3)sc2Cl)cc1. The van der Waals surface area contributed by atoms with Crippen LogP contribution in [0.25, 0.3) is 22.2 Å². The monoisotopic (exact) mass is 468 g/mol. The first kappa shape index (κ1) is 22.1. The molecule has 9 heteroatoms. The van der Waals surface area contributed by atoms with Crippen molar-refractivity contribution in [2.75, 3.05) is 10.7 Å². The van der Waals surface area contributed by atoms with Gasteiger partial charge in [-0.05, 0) is 43.0 Å². The van der Waals surface area contributed by atoms with Crippen LogP contribution in [0.5, 0.6) is 0 Å². The lowest BCUT2D eigenvalue weighted by atomic mass is 10.00. The molecule has 2 amide bonds. The lowest BCUT2D eigenvalue weighted by molar-refractivity contribution is 0.254. The van der Waals surface area contributed by atoms with E-state index in [-0.39, 0.29) is 5.92 Å². The number of rotatable bonds is 5. The van der Waals surface area contributed by atoms with Gasteiger partial charge in [-0.1, -0.05) is 55.3 Å². The van der Waals surface area contributed by atoms with E-state index in [4.69, 9.17) is 11.6 Å². The van der Waals surface area contributed by atoms with Crippen LogP contribution in [-0.4, -0.2) is 20.8 Å². The highest BCUT2D eigenvalue weighted by atomic mass is 35.5. The lowest BCUT2D eigenvalue weighted by Gasteiger charge is -2.13. The van der Waals surface area contributed by atoms with Crippen LogP contribution in [0, 0.1) is 13.8 Å². The minimum atomic E-state index is -0.410. The molecule has 0 bridgehead atoms. The normalized spacial score (nSPS) is 11.2. The summed E-state index contributed by atoms with van der Waals surface area (Å²) >= 11 is 7.72. The van der Waals surface area contributed by atoms with Crippen molar-refractivity contribution < 1.29 is 4.79 Å². The molecule has 3 aromatic heterocycles. The number of hydrogen-bond acceptors (Lipinski definition) is 5. The summed E-state index contributed by atoms with van der Waals surface area (Å²) in [5, 5.41) is 9.00. The molecule has 3 N–H and O–H groups in total. The van der Waals surface area contributed by atoms with E-state index in [0.717, 1.165) is 33.4 Å². The lowest BCUT2D eigenvalue weighted by Crippen LogP contribution is -2.33. The smallest absolute Gasteiger partial charge is 0.298 e. The van der Waals surface area contributed by atoms with Gasteiger partial charge in [0.1, 0.15) is 10.2 Å². The summed E-state index contributed by atoms with van der Waals surface area (Å²) < 4.78 is 2.37. The number of halogens is 1. The Morgan fingerprint density at radius 1 is 1.16 bits per heavy atom. The van der Waals surface area contributed by atoms with Crippen molar-refractivity contribution in [1.29, 1.82) is 0 Å². The Bertz CT molecular complexity index is 1290. The fourth-order valence-corrected chi connectivity index (χ4v) is 4.84. The molecule has 0 fully saturated rings. The van der Waals surface area contributed by atoms with E-state index in [1.54, 1.807) is 4.68 Å². The number of aromatic nitrogens is 3. The van der Waals surface area contributed by atoms with Gasteiger partial charge in [-0.2, -0.15) is 5.10 Å². The molecule has 0 atom stereocenters. The summed E-state index contributed by atoms with van der Waals surface area (Å²) in [6.07, 6.45) is 0. The average molecular weight is 469 g/mol. The first-order chi connectivity index (χ1) is 15.2. The molecule has 0 aliphatic rings. The van der Waals surface area contributed by atoms with Crippen molar-refractivity contribution in [2.45, 2.75) is 33.6 Å². The fourth-order valence-electron chi connectivity index (χ4n) is 3.62. The minimum absolute atomic E-state index is 0.284. The third-order valence-corrected chi connectivity index (χ3v) is 6.49. The molecule has 166 valence electrons. The maximum Gasteiger partial charge on any atom is 0.338 e. The molecular formula is C23H25ClN6OS. The quantitative estimate of drug-likeness (QED) is 0.303. The molecular weight excluding hydrogens is 444 g/mol. The number of fused-ring (bicyclic) bond motifs is 1. The van der Waals surface area contributed by atoms with Crippen molar-refractivity contribution in [3.05, 3.63) is 57.6 Å². The Morgan fingerprint density at radius 2 is 1.88 bits per heavy atom. The van der Waals surface area contributed by atoms with E-state index < -0.39 is 6.03 Å². The number of benzene rings is 1. The number of nitrogens with one attached hydrogen (secondary N) is 3. The molecule has 3 heterocycles. The van der Waals surface area contributed by atoms with Gasteiger partial charge in [0.05, 0.1) is 10.7 Å². The van der Waals surface area contributed by atoms with E-state index in [1.165, 1.54) is 16.9 Å². The standard InChI is InChI=1S/C23H25ClN6OS/c1-12(2)16-10-18(25-22-20(16)14(4)29-30(22)5)27-28-23(31)26-19-11-17(21(24)32-19)15-8-6-13(3)7-9-15/h6-12H,1-5H3,(H,25,27)(H2,26,28,31). The van der Waals surface area contributed by atoms with Crippen molar-refractivity contribution >= 4 is 50.8 Å². The molecule has 4 rings (SSSR count). The van der Waals surface area contributed by atoms with Crippen LogP contribution in [0.4, 0.5) is 15.6 Å². The van der Waals surface area contributed by atoms with Crippen LogP contribution >= 0.6 is 22.9 Å². The number of amides is 2. The molecule has 4 aromatic rings. The minimum Gasteiger partial charge on any atom is -0.298 e. The third-order valence-electron chi connectivity index (χ3n) is 5.21. The third kappa shape index (κ3) is 4.42. The number of nitrogens with zero attached hydrogens (tertiary/aromatic N) is 3. The predicted molar refractivity (Wildman–Crippen MR) is 133 cm³/mol. The zero-order chi connectivity index (χ0) is 23.0. The molecule has 0 spiro atoms. The van der Waals surface area contributed by atoms with Gasteiger partial charge in [0.25, 0.3) is 0 Å². The second-order valence-corrected chi connectivity index (χ2v) is 9.68. The first-order valence-corrected chi connectivity index (χ1v) is 11.5. The Kier molecular flexibility index (Phi) is 6.08. The summed E-state index contributed by atoms with van der Waals surface area (Å²) in [5.41, 5.74) is 11.5. The van der Waals surface area contributed by atoms with E-state index in [0.29, 0.717) is 15.2 Å². The van der Waals surface area contributed by atoms with Crippen LogP contribution in [0.1, 0.15) is 36.6 Å².